The van der Waals surface area contributed by atoms with Gasteiger partial charge in [-0.15, -0.1) is 0 Å². The zero-order chi connectivity index (χ0) is 9.14. The van der Waals surface area contributed by atoms with E-state index in [1.54, 1.807) is 0 Å². The summed E-state index contributed by atoms with van der Waals surface area (Å²) in [5.41, 5.74) is 2.05. The SMILES string of the molecule is CC=CC1=C(C)CN(CC)C1=O. The zero-order valence-corrected chi connectivity index (χ0v) is 7.92. The van der Waals surface area contributed by atoms with Crippen molar-refractivity contribution >= 4 is 5.91 Å². The lowest BCUT2D eigenvalue weighted by atomic mass is 10.1. The van der Waals surface area contributed by atoms with E-state index in [9.17, 15) is 4.79 Å². The van der Waals surface area contributed by atoms with Crippen molar-refractivity contribution < 1.29 is 4.79 Å². The van der Waals surface area contributed by atoms with Crippen molar-refractivity contribution in [3.8, 4) is 0 Å². The van der Waals surface area contributed by atoms with Crippen molar-refractivity contribution in [3.63, 3.8) is 0 Å². The summed E-state index contributed by atoms with van der Waals surface area (Å²) in [4.78, 5) is 13.4. The smallest absolute Gasteiger partial charge is 0.254 e. The first-order chi connectivity index (χ1) is 5.70. The van der Waals surface area contributed by atoms with Crippen LogP contribution in [0.5, 0.6) is 0 Å². The van der Waals surface area contributed by atoms with E-state index in [2.05, 4.69) is 0 Å². The number of nitrogens with zero attached hydrogens (tertiary/aromatic N) is 1. The zero-order valence-electron chi connectivity index (χ0n) is 7.92. The summed E-state index contributed by atoms with van der Waals surface area (Å²) in [6.07, 6.45) is 3.81. The van der Waals surface area contributed by atoms with Crippen LogP contribution in [-0.4, -0.2) is 23.9 Å². The number of hydrogen-bond donors (Lipinski definition) is 0. The Labute approximate surface area is 73.6 Å². The first kappa shape index (κ1) is 9.04. The van der Waals surface area contributed by atoms with Crippen LogP contribution < -0.4 is 0 Å². The average molecular weight is 165 g/mol. The van der Waals surface area contributed by atoms with E-state index in [-0.39, 0.29) is 5.91 Å². The summed E-state index contributed by atoms with van der Waals surface area (Å²) in [5.74, 6) is 0.174. The second-order valence-corrected chi connectivity index (χ2v) is 3.01. The van der Waals surface area contributed by atoms with Crippen LogP contribution in [-0.2, 0) is 4.79 Å². The van der Waals surface area contributed by atoms with E-state index in [0.29, 0.717) is 0 Å². The third-order valence-corrected chi connectivity index (χ3v) is 2.12. The predicted molar refractivity (Wildman–Crippen MR) is 49.8 cm³/mol. The molecule has 0 aromatic carbocycles. The van der Waals surface area contributed by atoms with Gasteiger partial charge in [-0.25, -0.2) is 0 Å². The summed E-state index contributed by atoms with van der Waals surface area (Å²) in [6, 6.07) is 0. The highest BCUT2D eigenvalue weighted by Crippen LogP contribution is 2.18. The monoisotopic (exact) mass is 165 g/mol. The van der Waals surface area contributed by atoms with Gasteiger partial charge in [0.05, 0.1) is 0 Å². The summed E-state index contributed by atoms with van der Waals surface area (Å²) < 4.78 is 0. The van der Waals surface area contributed by atoms with Crippen molar-refractivity contribution in [2.45, 2.75) is 20.8 Å². The number of carbonyl (C=O) groups is 1. The molecule has 0 aromatic rings. The number of likely N-dealkylation sites (N-methyl/N-ethyl adjacent to an activating group) is 1. The molecule has 0 aromatic heterocycles. The fourth-order valence-electron chi connectivity index (χ4n) is 1.43. The predicted octanol–water partition coefficient (Wildman–Crippen LogP) is 1.74. The summed E-state index contributed by atoms with van der Waals surface area (Å²) >= 11 is 0. The summed E-state index contributed by atoms with van der Waals surface area (Å²) in [5, 5.41) is 0. The molecule has 2 nitrogen and oxygen atoms in total. The van der Waals surface area contributed by atoms with Gasteiger partial charge in [0.2, 0.25) is 0 Å². The van der Waals surface area contributed by atoms with E-state index in [0.717, 1.165) is 18.7 Å². The topological polar surface area (TPSA) is 20.3 Å². The van der Waals surface area contributed by atoms with Gasteiger partial charge in [0.15, 0.2) is 0 Å². The second kappa shape index (κ2) is 3.57. The maximum atomic E-state index is 11.6. The lowest BCUT2D eigenvalue weighted by Gasteiger charge is -2.12. The normalized spacial score (nSPS) is 18.6. The van der Waals surface area contributed by atoms with Gasteiger partial charge in [-0.05, 0) is 26.3 Å². The molecule has 12 heavy (non-hydrogen) atoms. The molecule has 66 valence electrons. The Hall–Kier alpha value is -1.05. The van der Waals surface area contributed by atoms with Crippen molar-refractivity contribution in [2.75, 3.05) is 13.1 Å². The molecule has 0 saturated heterocycles. The van der Waals surface area contributed by atoms with Gasteiger partial charge in [0.1, 0.15) is 0 Å². The van der Waals surface area contributed by atoms with Gasteiger partial charge in [0, 0.05) is 18.7 Å². The summed E-state index contributed by atoms with van der Waals surface area (Å²) in [6.45, 7) is 7.56. The minimum atomic E-state index is 0.174. The molecule has 0 aliphatic carbocycles. The van der Waals surface area contributed by atoms with Gasteiger partial charge in [-0.3, -0.25) is 4.79 Å². The van der Waals surface area contributed by atoms with E-state index in [1.807, 2.05) is 37.8 Å². The van der Waals surface area contributed by atoms with Crippen LogP contribution in [0.2, 0.25) is 0 Å². The van der Waals surface area contributed by atoms with Gasteiger partial charge >= 0.3 is 0 Å². The Morgan fingerprint density at radius 3 is 2.67 bits per heavy atom. The maximum absolute atomic E-state index is 11.6. The highest BCUT2D eigenvalue weighted by Gasteiger charge is 2.24. The number of hydrogen-bond acceptors (Lipinski definition) is 1. The number of rotatable bonds is 2. The highest BCUT2D eigenvalue weighted by molar-refractivity contribution is 5.99. The molecule has 1 aliphatic rings. The van der Waals surface area contributed by atoms with Crippen LogP contribution in [0.4, 0.5) is 0 Å². The molecule has 1 heterocycles. The third kappa shape index (κ3) is 1.42. The van der Waals surface area contributed by atoms with E-state index in [1.165, 1.54) is 5.57 Å². The van der Waals surface area contributed by atoms with Crippen molar-refractivity contribution in [1.82, 2.24) is 4.90 Å². The minimum Gasteiger partial charge on any atom is -0.335 e. The lowest BCUT2D eigenvalue weighted by molar-refractivity contribution is -0.124. The fourth-order valence-corrected chi connectivity index (χ4v) is 1.43. The fraction of sp³-hybridized carbons (Fsp3) is 0.500. The van der Waals surface area contributed by atoms with Crippen molar-refractivity contribution in [2.24, 2.45) is 0 Å². The molecular formula is C10H15NO. The van der Waals surface area contributed by atoms with E-state index >= 15 is 0 Å². The Morgan fingerprint density at radius 2 is 2.25 bits per heavy atom. The van der Waals surface area contributed by atoms with Crippen LogP contribution in [0.25, 0.3) is 0 Å². The Balaban J connectivity index is 2.85. The quantitative estimate of drug-likeness (QED) is 0.610. The molecule has 0 unspecified atom stereocenters. The molecule has 0 fully saturated rings. The molecule has 0 N–H and O–H groups in total. The molecule has 1 rings (SSSR count). The number of carbonyl (C=O) groups excluding carboxylic acids is 1. The average Bonchev–Trinajstić information content (AvgIpc) is 2.32. The van der Waals surface area contributed by atoms with Crippen LogP contribution in [0.1, 0.15) is 20.8 Å². The Bertz CT molecular complexity index is 251. The van der Waals surface area contributed by atoms with Crippen LogP contribution in [0, 0.1) is 0 Å². The minimum absolute atomic E-state index is 0.174. The molecule has 1 amide bonds. The van der Waals surface area contributed by atoms with Crippen molar-refractivity contribution in [1.29, 1.82) is 0 Å². The Morgan fingerprint density at radius 1 is 1.58 bits per heavy atom. The van der Waals surface area contributed by atoms with E-state index in [4.69, 9.17) is 0 Å². The van der Waals surface area contributed by atoms with E-state index < -0.39 is 0 Å². The lowest BCUT2D eigenvalue weighted by Crippen LogP contribution is -2.26. The molecule has 0 saturated carbocycles. The first-order valence-electron chi connectivity index (χ1n) is 4.32. The molecule has 0 radical (unpaired) electrons. The van der Waals surface area contributed by atoms with Crippen LogP contribution >= 0.6 is 0 Å². The molecule has 0 spiro atoms. The second-order valence-electron chi connectivity index (χ2n) is 3.01. The van der Waals surface area contributed by atoms with Crippen molar-refractivity contribution in [3.05, 3.63) is 23.3 Å². The third-order valence-electron chi connectivity index (χ3n) is 2.12. The van der Waals surface area contributed by atoms with Crippen LogP contribution in [0.15, 0.2) is 23.3 Å². The largest absolute Gasteiger partial charge is 0.335 e. The van der Waals surface area contributed by atoms with Gasteiger partial charge in [0.25, 0.3) is 5.91 Å². The maximum Gasteiger partial charge on any atom is 0.254 e. The molecule has 0 atom stereocenters. The molecule has 2 heteroatoms. The molecule has 0 bridgehead atoms. The molecular weight excluding hydrogens is 150 g/mol. The Kier molecular flexibility index (Phi) is 2.69. The first-order valence-corrected chi connectivity index (χ1v) is 4.32. The van der Waals surface area contributed by atoms with Gasteiger partial charge in [-0.1, -0.05) is 12.2 Å². The van der Waals surface area contributed by atoms with Gasteiger partial charge in [-0.2, -0.15) is 0 Å². The van der Waals surface area contributed by atoms with Crippen LogP contribution in [0.3, 0.4) is 0 Å². The standard InChI is InChI=1S/C10H15NO/c1-4-6-9-8(3)7-11(5-2)10(9)12/h4,6H,5,7H2,1-3H3. The van der Waals surface area contributed by atoms with Gasteiger partial charge < -0.3 is 4.90 Å². The number of allylic oxidation sites excluding steroid dienone is 1. The number of amides is 1. The summed E-state index contributed by atoms with van der Waals surface area (Å²) in [7, 11) is 0. The molecule has 1 aliphatic heterocycles. The highest BCUT2D eigenvalue weighted by atomic mass is 16.2.